The molecule has 28 heavy (non-hydrogen) atoms. The van der Waals surface area contributed by atoms with Crippen LogP contribution in [0.4, 0.5) is 5.69 Å². The molecule has 0 fully saturated rings. The van der Waals surface area contributed by atoms with Gasteiger partial charge in [0.15, 0.2) is 10.9 Å². The molecule has 0 atom stereocenters. The molecule has 0 aliphatic carbocycles. The molecule has 2 aromatic carbocycles. The zero-order valence-corrected chi connectivity index (χ0v) is 17.6. The third-order valence-electron chi connectivity index (χ3n) is 4.25. The summed E-state index contributed by atoms with van der Waals surface area (Å²) in [5, 5.41) is 6.73. The largest absolute Gasteiger partial charge is 0.451 e. The average Bonchev–Trinajstić information content (AvgIpc) is 3.15. The molecule has 0 bridgehead atoms. The van der Waals surface area contributed by atoms with Crippen LogP contribution >= 0.6 is 35.4 Å². The van der Waals surface area contributed by atoms with E-state index in [0.717, 1.165) is 23.2 Å². The maximum Gasteiger partial charge on any atom is 0.293 e. The van der Waals surface area contributed by atoms with Crippen molar-refractivity contribution in [3.63, 3.8) is 0 Å². The predicted octanol–water partition coefficient (Wildman–Crippen LogP) is 6.25. The monoisotopic (exact) mass is 432 g/mol. The van der Waals surface area contributed by atoms with Crippen molar-refractivity contribution < 1.29 is 9.21 Å². The quantitative estimate of drug-likeness (QED) is 0.478. The summed E-state index contributed by atoms with van der Waals surface area (Å²) in [6, 6.07) is 14.4. The number of furan rings is 1. The number of thiocarbonyl (C=S) groups is 1. The summed E-state index contributed by atoms with van der Waals surface area (Å²) < 4.78 is 5.64. The first-order valence-corrected chi connectivity index (χ1v) is 9.82. The van der Waals surface area contributed by atoms with Gasteiger partial charge in [0.25, 0.3) is 5.91 Å². The third-order valence-corrected chi connectivity index (χ3v) is 5.28. The Balaban J connectivity index is 1.73. The van der Waals surface area contributed by atoms with Gasteiger partial charge in [-0.3, -0.25) is 10.1 Å². The Labute approximate surface area is 178 Å². The van der Waals surface area contributed by atoms with Crippen molar-refractivity contribution >= 4 is 52.1 Å². The van der Waals surface area contributed by atoms with Crippen molar-refractivity contribution in [1.29, 1.82) is 0 Å². The minimum absolute atomic E-state index is 0.121. The first-order chi connectivity index (χ1) is 13.4. The molecule has 4 nitrogen and oxygen atoms in total. The molecule has 1 aromatic heterocycles. The van der Waals surface area contributed by atoms with Gasteiger partial charge in [0.1, 0.15) is 5.76 Å². The molecule has 0 unspecified atom stereocenters. The van der Waals surface area contributed by atoms with Crippen LogP contribution in [0, 0.1) is 6.92 Å². The number of carbonyl (C=O) groups excluding carboxylic acids is 1. The van der Waals surface area contributed by atoms with Gasteiger partial charge >= 0.3 is 0 Å². The Kier molecular flexibility index (Phi) is 6.39. The van der Waals surface area contributed by atoms with Crippen molar-refractivity contribution in [3.05, 3.63) is 75.5 Å². The van der Waals surface area contributed by atoms with Crippen molar-refractivity contribution in [2.24, 2.45) is 0 Å². The number of nitrogens with one attached hydrogen (secondary N) is 2. The molecule has 3 aromatic rings. The molecular formula is C21H18Cl2N2O2S. The molecule has 1 heterocycles. The number of aryl methyl sites for hydroxylation is 2. The molecule has 0 saturated heterocycles. The Morgan fingerprint density at radius 3 is 2.61 bits per heavy atom. The number of carbonyl (C=O) groups is 1. The number of rotatable bonds is 4. The minimum atomic E-state index is -0.450. The molecule has 3 rings (SSSR count). The van der Waals surface area contributed by atoms with E-state index in [9.17, 15) is 4.79 Å². The van der Waals surface area contributed by atoms with Crippen molar-refractivity contribution in [2.75, 3.05) is 5.32 Å². The third kappa shape index (κ3) is 4.38. The lowest BCUT2D eigenvalue weighted by atomic mass is 10.1. The van der Waals surface area contributed by atoms with E-state index in [4.69, 9.17) is 39.8 Å². The second-order valence-electron chi connectivity index (χ2n) is 6.14. The molecule has 0 spiro atoms. The number of para-hydroxylation sites is 1. The van der Waals surface area contributed by atoms with E-state index in [-0.39, 0.29) is 10.9 Å². The van der Waals surface area contributed by atoms with E-state index >= 15 is 0 Å². The van der Waals surface area contributed by atoms with E-state index in [0.29, 0.717) is 21.4 Å². The minimum Gasteiger partial charge on any atom is -0.451 e. The maximum atomic E-state index is 12.5. The van der Waals surface area contributed by atoms with Crippen LogP contribution in [0.3, 0.4) is 0 Å². The summed E-state index contributed by atoms with van der Waals surface area (Å²) in [7, 11) is 0. The normalized spacial score (nSPS) is 10.6. The van der Waals surface area contributed by atoms with Crippen LogP contribution in [-0.2, 0) is 6.42 Å². The smallest absolute Gasteiger partial charge is 0.293 e. The SMILES string of the molecule is CCc1cccc(C)c1NC(=S)NC(=O)c1ccc(-c2cccc(Cl)c2Cl)o1. The van der Waals surface area contributed by atoms with Gasteiger partial charge in [-0.1, -0.05) is 54.4 Å². The van der Waals surface area contributed by atoms with Gasteiger partial charge in [-0.15, -0.1) is 0 Å². The first kappa shape index (κ1) is 20.4. The Morgan fingerprint density at radius 1 is 1.11 bits per heavy atom. The van der Waals surface area contributed by atoms with E-state index in [1.165, 1.54) is 0 Å². The molecule has 144 valence electrons. The highest BCUT2D eigenvalue weighted by Gasteiger charge is 2.16. The highest BCUT2D eigenvalue weighted by atomic mass is 35.5. The zero-order chi connectivity index (χ0) is 20.3. The van der Waals surface area contributed by atoms with Gasteiger partial charge in [-0.2, -0.15) is 0 Å². The number of hydrogen-bond donors (Lipinski definition) is 2. The standard InChI is InChI=1S/C21H18Cl2N2O2S/c1-3-13-7-4-6-12(2)19(13)24-21(28)25-20(26)17-11-10-16(27-17)14-8-5-9-15(22)18(14)23/h4-11H,3H2,1-2H3,(H2,24,25,26,28). The average molecular weight is 433 g/mol. The van der Waals surface area contributed by atoms with E-state index in [2.05, 4.69) is 17.6 Å². The maximum absolute atomic E-state index is 12.5. The molecule has 7 heteroatoms. The van der Waals surface area contributed by atoms with Gasteiger partial charge in [-0.25, -0.2) is 0 Å². The predicted molar refractivity (Wildman–Crippen MR) is 118 cm³/mol. The topological polar surface area (TPSA) is 54.3 Å². The Bertz CT molecular complexity index is 1050. The lowest BCUT2D eigenvalue weighted by Crippen LogP contribution is -2.34. The van der Waals surface area contributed by atoms with Crippen molar-refractivity contribution in [1.82, 2.24) is 5.32 Å². The molecular weight excluding hydrogens is 415 g/mol. The van der Waals surface area contributed by atoms with Crippen molar-refractivity contribution in [2.45, 2.75) is 20.3 Å². The van der Waals surface area contributed by atoms with E-state index in [1.807, 2.05) is 25.1 Å². The summed E-state index contributed by atoms with van der Waals surface area (Å²) in [5.74, 6) is 0.118. The summed E-state index contributed by atoms with van der Waals surface area (Å²) in [5.41, 5.74) is 3.68. The first-order valence-electron chi connectivity index (χ1n) is 8.65. The lowest BCUT2D eigenvalue weighted by molar-refractivity contribution is 0.0951. The van der Waals surface area contributed by atoms with Gasteiger partial charge in [0.2, 0.25) is 0 Å². The van der Waals surface area contributed by atoms with Gasteiger partial charge in [0, 0.05) is 11.3 Å². The van der Waals surface area contributed by atoms with Crippen LogP contribution in [0.1, 0.15) is 28.6 Å². The summed E-state index contributed by atoms with van der Waals surface area (Å²) in [6.45, 7) is 4.05. The highest BCUT2D eigenvalue weighted by molar-refractivity contribution is 7.80. The molecule has 0 radical (unpaired) electrons. The number of benzene rings is 2. The van der Waals surface area contributed by atoms with Crippen LogP contribution < -0.4 is 10.6 Å². The van der Waals surface area contributed by atoms with Crippen LogP contribution in [0.25, 0.3) is 11.3 Å². The molecule has 0 aliphatic rings. The molecule has 1 amide bonds. The van der Waals surface area contributed by atoms with E-state index < -0.39 is 5.91 Å². The Hall–Kier alpha value is -2.34. The second kappa shape index (κ2) is 8.78. The summed E-state index contributed by atoms with van der Waals surface area (Å²) >= 11 is 17.5. The van der Waals surface area contributed by atoms with Crippen LogP contribution in [-0.4, -0.2) is 11.0 Å². The summed E-state index contributed by atoms with van der Waals surface area (Å²) in [4.78, 5) is 12.5. The van der Waals surface area contributed by atoms with Gasteiger partial charge in [-0.05, 0) is 61.0 Å². The van der Waals surface area contributed by atoms with E-state index in [1.54, 1.807) is 30.3 Å². The van der Waals surface area contributed by atoms with Gasteiger partial charge < -0.3 is 9.73 Å². The summed E-state index contributed by atoms with van der Waals surface area (Å²) in [6.07, 6.45) is 0.850. The van der Waals surface area contributed by atoms with Crippen LogP contribution in [0.5, 0.6) is 0 Å². The second-order valence-corrected chi connectivity index (χ2v) is 7.33. The van der Waals surface area contributed by atoms with Crippen molar-refractivity contribution in [3.8, 4) is 11.3 Å². The molecule has 2 N–H and O–H groups in total. The number of hydrogen-bond acceptors (Lipinski definition) is 3. The lowest BCUT2D eigenvalue weighted by Gasteiger charge is -2.14. The zero-order valence-electron chi connectivity index (χ0n) is 15.3. The Morgan fingerprint density at radius 2 is 1.86 bits per heavy atom. The molecule has 0 saturated carbocycles. The fraction of sp³-hybridized carbons (Fsp3) is 0.143. The highest BCUT2D eigenvalue weighted by Crippen LogP contribution is 2.34. The fourth-order valence-corrected chi connectivity index (χ4v) is 3.40. The number of halogens is 2. The molecule has 0 aliphatic heterocycles. The number of amides is 1. The van der Waals surface area contributed by atoms with Crippen LogP contribution in [0.15, 0.2) is 52.9 Å². The van der Waals surface area contributed by atoms with Crippen LogP contribution in [0.2, 0.25) is 10.0 Å². The number of anilines is 1. The fourth-order valence-electron chi connectivity index (χ4n) is 2.81. The van der Waals surface area contributed by atoms with Gasteiger partial charge in [0.05, 0.1) is 10.0 Å².